The van der Waals surface area contributed by atoms with Crippen LogP contribution in [-0.4, -0.2) is 41.1 Å². The van der Waals surface area contributed by atoms with Crippen LogP contribution in [0.1, 0.15) is 44.0 Å². The van der Waals surface area contributed by atoms with E-state index in [4.69, 9.17) is 10.2 Å². The zero-order chi connectivity index (χ0) is 20.5. The SMILES string of the molecule is N#CCC1CCC(n2c(CC(O)Nc3ccn[nH]3)nc3cnc4[nH]ccc4c32)CC1. The number of aromatic amines is 2. The van der Waals surface area contributed by atoms with Crippen molar-refractivity contribution in [3.63, 3.8) is 0 Å². The zero-order valence-corrected chi connectivity index (χ0v) is 16.5. The first-order valence-corrected chi connectivity index (χ1v) is 10.4. The van der Waals surface area contributed by atoms with Crippen LogP contribution in [0.15, 0.2) is 30.7 Å². The first-order chi connectivity index (χ1) is 14.7. The fourth-order valence-corrected chi connectivity index (χ4v) is 4.65. The molecule has 4 N–H and O–H groups in total. The molecule has 0 amide bonds. The summed E-state index contributed by atoms with van der Waals surface area (Å²) in [6, 6.07) is 6.42. The van der Waals surface area contributed by atoms with Gasteiger partial charge in [0.25, 0.3) is 0 Å². The molecule has 0 aromatic carbocycles. The first kappa shape index (κ1) is 18.6. The Morgan fingerprint density at radius 3 is 2.93 bits per heavy atom. The number of fused-ring (bicyclic) bond motifs is 3. The predicted molar refractivity (Wildman–Crippen MR) is 113 cm³/mol. The van der Waals surface area contributed by atoms with Gasteiger partial charge in [-0.25, -0.2) is 9.97 Å². The van der Waals surface area contributed by atoms with Gasteiger partial charge in [-0.15, -0.1) is 0 Å². The predicted octanol–water partition coefficient (Wildman–Crippen LogP) is 3.25. The highest BCUT2D eigenvalue weighted by atomic mass is 16.3. The second-order valence-corrected chi connectivity index (χ2v) is 8.00. The minimum Gasteiger partial charge on any atom is -0.373 e. The largest absolute Gasteiger partial charge is 0.373 e. The Morgan fingerprint density at radius 1 is 1.30 bits per heavy atom. The number of anilines is 1. The molecule has 0 bridgehead atoms. The van der Waals surface area contributed by atoms with Gasteiger partial charge in [0.2, 0.25) is 0 Å². The van der Waals surface area contributed by atoms with Crippen molar-refractivity contribution >= 4 is 27.9 Å². The Morgan fingerprint density at radius 2 is 2.17 bits per heavy atom. The van der Waals surface area contributed by atoms with Crippen molar-refractivity contribution in [2.75, 3.05) is 5.32 Å². The maximum atomic E-state index is 10.6. The van der Waals surface area contributed by atoms with Crippen molar-refractivity contribution in [2.45, 2.75) is 50.8 Å². The van der Waals surface area contributed by atoms with E-state index in [1.807, 2.05) is 12.3 Å². The van der Waals surface area contributed by atoms with E-state index in [0.717, 1.165) is 53.6 Å². The molecule has 0 spiro atoms. The number of pyridine rings is 1. The lowest BCUT2D eigenvalue weighted by Crippen LogP contribution is -2.26. The van der Waals surface area contributed by atoms with E-state index in [1.165, 1.54) is 0 Å². The maximum Gasteiger partial charge on any atom is 0.139 e. The van der Waals surface area contributed by atoms with Crippen LogP contribution in [0.3, 0.4) is 0 Å². The summed E-state index contributed by atoms with van der Waals surface area (Å²) in [6.07, 6.45) is 9.59. The Hall–Kier alpha value is -3.38. The molecule has 9 nitrogen and oxygen atoms in total. The highest BCUT2D eigenvalue weighted by Gasteiger charge is 2.27. The Balaban J connectivity index is 1.51. The van der Waals surface area contributed by atoms with Crippen LogP contribution >= 0.6 is 0 Å². The number of nitrogens with zero attached hydrogens (tertiary/aromatic N) is 5. The van der Waals surface area contributed by atoms with Crippen LogP contribution in [0, 0.1) is 17.2 Å². The zero-order valence-electron chi connectivity index (χ0n) is 16.5. The summed E-state index contributed by atoms with van der Waals surface area (Å²) in [5.74, 6) is 1.98. The number of nitrogens with one attached hydrogen (secondary N) is 3. The van der Waals surface area contributed by atoms with Crippen molar-refractivity contribution in [2.24, 2.45) is 5.92 Å². The average Bonchev–Trinajstić information content (AvgIpc) is 3.47. The normalized spacial score (nSPS) is 20.4. The number of hydrogen-bond donors (Lipinski definition) is 4. The molecule has 4 aromatic rings. The summed E-state index contributed by atoms with van der Waals surface area (Å²) in [5, 5.41) is 30.5. The third-order valence-corrected chi connectivity index (χ3v) is 6.07. The van der Waals surface area contributed by atoms with E-state index in [1.54, 1.807) is 18.5 Å². The lowest BCUT2D eigenvalue weighted by atomic mass is 9.84. The number of imidazole rings is 1. The summed E-state index contributed by atoms with van der Waals surface area (Å²) in [4.78, 5) is 12.5. The van der Waals surface area contributed by atoms with E-state index < -0.39 is 6.23 Å². The Labute approximate surface area is 173 Å². The van der Waals surface area contributed by atoms with Gasteiger partial charge < -0.3 is 20.0 Å². The van der Waals surface area contributed by atoms with E-state index in [-0.39, 0.29) is 0 Å². The smallest absolute Gasteiger partial charge is 0.139 e. The lowest BCUT2D eigenvalue weighted by molar-refractivity contribution is 0.196. The second kappa shape index (κ2) is 7.80. The topological polar surface area (TPSA) is 131 Å². The number of rotatable bonds is 6. The average molecular weight is 404 g/mol. The fourth-order valence-electron chi connectivity index (χ4n) is 4.65. The molecular weight excluding hydrogens is 380 g/mol. The quantitative estimate of drug-likeness (QED) is 0.365. The molecule has 4 heterocycles. The molecule has 1 aliphatic carbocycles. The van der Waals surface area contributed by atoms with Crippen LogP contribution in [0.4, 0.5) is 5.82 Å². The van der Waals surface area contributed by atoms with Gasteiger partial charge in [-0.3, -0.25) is 5.10 Å². The third kappa shape index (κ3) is 3.39. The summed E-state index contributed by atoms with van der Waals surface area (Å²) in [7, 11) is 0. The van der Waals surface area contributed by atoms with Crippen LogP contribution in [0.2, 0.25) is 0 Å². The Bertz CT molecular complexity index is 1180. The van der Waals surface area contributed by atoms with Gasteiger partial charge in [0, 0.05) is 30.1 Å². The van der Waals surface area contributed by atoms with E-state index >= 15 is 0 Å². The molecule has 0 saturated heterocycles. The molecular formula is C21H24N8O. The van der Waals surface area contributed by atoms with Crippen molar-refractivity contribution in [3.05, 3.63) is 36.5 Å². The molecule has 154 valence electrons. The van der Waals surface area contributed by atoms with Gasteiger partial charge in [0.1, 0.15) is 29.0 Å². The molecule has 1 fully saturated rings. The van der Waals surface area contributed by atoms with Crippen LogP contribution in [0.5, 0.6) is 0 Å². The molecule has 1 atom stereocenters. The third-order valence-electron chi connectivity index (χ3n) is 6.07. The number of nitriles is 1. The van der Waals surface area contributed by atoms with Gasteiger partial charge >= 0.3 is 0 Å². The van der Waals surface area contributed by atoms with Gasteiger partial charge in [0.05, 0.1) is 30.4 Å². The maximum absolute atomic E-state index is 10.6. The number of aromatic nitrogens is 6. The van der Waals surface area contributed by atoms with Gasteiger partial charge in [-0.1, -0.05) is 0 Å². The molecule has 0 radical (unpaired) electrons. The number of aliphatic hydroxyl groups excluding tert-OH is 1. The standard InChI is InChI=1S/C21H24N8O/c22-8-5-13-1-3-14(4-2-13)29-18(11-19(30)27-17-7-10-25-28-17)26-16-12-24-21-15(20(16)29)6-9-23-21/h6-7,9-10,12-14,19,30H,1-5,11H2,(H,23,24)(H2,25,27,28). The molecule has 9 heteroatoms. The van der Waals surface area contributed by atoms with Crippen LogP contribution in [-0.2, 0) is 6.42 Å². The number of H-pyrrole nitrogens is 2. The summed E-state index contributed by atoms with van der Waals surface area (Å²) in [6.45, 7) is 0. The van der Waals surface area contributed by atoms with Crippen molar-refractivity contribution in [1.82, 2.24) is 29.7 Å². The van der Waals surface area contributed by atoms with Gasteiger partial charge in [-0.05, 0) is 37.7 Å². The molecule has 1 unspecified atom stereocenters. The fraction of sp³-hybridized carbons (Fsp3) is 0.429. The molecule has 1 saturated carbocycles. The monoisotopic (exact) mass is 404 g/mol. The second-order valence-electron chi connectivity index (χ2n) is 8.00. The molecule has 4 aromatic heterocycles. The summed E-state index contributed by atoms with van der Waals surface area (Å²) in [5.41, 5.74) is 2.74. The number of aliphatic hydroxyl groups is 1. The summed E-state index contributed by atoms with van der Waals surface area (Å²) >= 11 is 0. The molecule has 5 rings (SSSR count). The highest BCUT2D eigenvalue weighted by Crippen LogP contribution is 2.38. The first-order valence-electron chi connectivity index (χ1n) is 10.4. The van der Waals surface area contributed by atoms with Crippen molar-refractivity contribution in [3.8, 4) is 6.07 Å². The Kier molecular flexibility index (Phi) is 4.85. The van der Waals surface area contributed by atoms with E-state index in [0.29, 0.717) is 30.6 Å². The van der Waals surface area contributed by atoms with Gasteiger partial charge in [-0.2, -0.15) is 10.4 Å². The van der Waals surface area contributed by atoms with Gasteiger partial charge in [0.15, 0.2) is 0 Å². The minimum absolute atomic E-state index is 0.291. The van der Waals surface area contributed by atoms with E-state index in [2.05, 4.69) is 36.1 Å². The van der Waals surface area contributed by atoms with E-state index in [9.17, 15) is 5.11 Å². The lowest BCUT2D eigenvalue weighted by Gasteiger charge is -2.30. The van der Waals surface area contributed by atoms with Crippen LogP contribution in [0.25, 0.3) is 22.1 Å². The van der Waals surface area contributed by atoms with Crippen LogP contribution < -0.4 is 5.32 Å². The molecule has 0 aliphatic heterocycles. The minimum atomic E-state index is -0.800. The highest BCUT2D eigenvalue weighted by molar-refractivity contribution is 6.01. The molecule has 30 heavy (non-hydrogen) atoms. The number of hydrogen-bond acceptors (Lipinski definition) is 6. The van der Waals surface area contributed by atoms with Crippen molar-refractivity contribution < 1.29 is 5.11 Å². The summed E-state index contributed by atoms with van der Waals surface area (Å²) < 4.78 is 2.30. The van der Waals surface area contributed by atoms with Crippen molar-refractivity contribution in [1.29, 1.82) is 5.26 Å². The molecule has 1 aliphatic rings.